The number of hydrogen-bond acceptors (Lipinski definition) is 4. The zero-order valence-electron chi connectivity index (χ0n) is 16.1. The van der Waals surface area contributed by atoms with Gasteiger partial charge in [0.2, 0.25) is 5.91 Å². The van der Waals surface area contributed by atoms with E-state index in [1.54, 1.807) is 0 Å². The maximum absolute atomic E-state index is 13.3. The Morgan fingerprint density at radius 3 is 2.89 bits per heavy atom. The normalized spacial score (nSPS) is 31.5. The van der Waals surface area contributed by atoms with Crippen LogP contribution in [0.2, 0.25) is 0 Å². The Labute approximate surface area is 164 Å². The predicted octanol–water partition coefficient (Wildman–Crippen LogP) is 1.93. The maximum Gasteiger partial charge on any atom is 0.244 e. The standard InChI is InChI=1S/C22H26N4O2/c1-25(26-11-15-5-6-16(12-26)28-15)22(27)14-7-18-17-3-2-4-19-21(17)13(9-23-19)8-20(18)24-10-14/h2-4,7,9,14-16,20,23-24H,5-6,8,10-12H2,1H3/t14-,15?,16?,20-/m1/s1. The fraction of sp³-hybridized carbons (Fsp3) is 0.500. The molecule has 2 N–H and O–H groups in total. The van der Waals surface area contributed by atoms with Crippen molar-refractivity contribution < 1.29 is 9.53 Å². The lowest BCUT2D eigenvalue weighted by atomic mass is 9.80. The predicted molar refractivity (Wildman–Crippen MR) is 107 cm³/mol. The van der Waals surface area contributed by atoms with E-state index in [-0.39, 0.29) is 24.0 Å². The van der Waals surface area contributed by atoms with Gasteiger partial charge in [-0.05, 0) is 42.0 Å². The molecule has 0 saturated carbocycles. The van der Waals surface area contributed by atoms with Crippen molar-refractivity contribution in [3.63, 3.8) is 0 Å². The molecule has 28 heavy (non-hydrogen) atoms. The maximum atomic E-state index is 13.3. The molecule has 2 aromatic rings. The molecule has 4 heterocycles. The first-order valence-electron chi connectivity index (χ1n) is 10.4. The summed E-state index contributed by atoms with van der Waals surface area (Å²) in [6, 6.07) is 6.71. The van der Waals surface area contributed by atoms with Crippen molar-refractivity contribution >= 4 is 22.4 Å². The number of nitrogens with zero attached hydrogens (tertiary/aromatic N) is 2. The van der Waals surface area contributed by atoms with Crippen LogP contribution in [0, 0.1) is 5.92 Å². The minimum Gasteiger partial charge on any atom is -0.372 e. The van der Waals surface area contributed by atoms with Crippen LogP contribution < -0.4 is 5.32 Å². The van der Waals surface area contributed by atoms with Crippen LogP contribution in [0.5, 0.6) is 0 Å². The molecule has 2 fully saturated rings. The number of ether oxygens (including phenoxy) is 1. The van der Waals surface area contributed by atoms with Crippen LogP contribution in [0.1, 0.15) is 24.0 Å². The lowest BCUT2D eigenvalue weighted by Gasteiger charge is -2.40. The Bertz CT molecular complexity index is 968. The van der Waals surface area contributed by atoms with Crippen LogP contribution in [-0.4, -0.2) is 65.8 Å². The number of carbonyl (C=O) groups excluding carboxylic acids is 1. The van der Waals surface area contributed by atoms with Gasteiger partial charge in [-0.15, -0.1) is 0 Å². The van der Waals surface area contributed by atoms with E-state index in [4.69, 9.17) is 4.74 Å². The summed E-state index contributed by atoms with van der Waals surface area (Å²) in [5, 5.41) is 8.99. The number of fused-ring (bicyclic) bond motifs is 4. The number of aromatic nitrogens is 1. The number of nitrogens with one attached hydrogen (secondary N) is 2. The third-order valence-corrected chi connectivity index (χ3v) is 6.95. The Balaban J connectivity index is 1.29. The number of amides is 1. The average Bonchev–Trinajstić information content (AvgIpc) is 3.30. The van der Waals surface area contributed by atoms with Crippen LogP contribution in [0.3, 0.4) is 0 Å². The van der Waals surface area contributed by atoms with Gasteiger partial charge >= 0.3 is 0 Å². The molecule has 4 aliphatic rings. The van der Waals surface area contributed by atoms with E-state index in [2.05, 4.69) is 45.8 Å². The molecule has 1 amide bonds. The van der Waals surface area contributed by atoms with E-state index >= 15 is 0 Å². The number of hydrazine groups is 1. The Hall–Kier alpha value is -2.15. The van der Waals surface area contributed by atoms with Crippen molar-refractivity contribution in [3.05, 3.63) is 41.6 Å². The molecule has 1 aliphatic carbocycles. The number of benzene rings is 1. The highest BCUT2D eigenvalue weighted by atomic mass is 16.5. The molecule has 6 rings (SSSR count). The zero-order chi connectivity index (χ0) is 18.8. The van der Waals surface area contributed by atoms with Gasteiger partial charge in [-0.25, -0.2) is 5.01 Å². The van der Waals surface area contributed by atoms with Gasteiger partial charge in [-0.3, -0.25) is 9.80 Å². The molecule has 146 valence electrons. The minimum atomic E-state index is -0.132. The second kappa shape index (κ2) is 6.17. The van der Waals surface area contributed by atoms with Crippen LogP contribution in [0.4, 0.5) is 0 Å². The van der Waals surface area contributed by atoms with Crippen molar-refractivity contribution in [1.82, 2.24) is 20.3 Å². The summed E-state index contributed by atoms with van der Waals surface area (Å²) >= 11 is 0. The highest BCUT2D eigenvalue weighted by Gasteiger charge is 2.38. The number of carbonyl (C=O) groups is 1. The topological polar surface area (TPSA) is 60.6 Å². The number of aromatic amines is 1. The van der Waals surface area contributed by atoms with Gasteiger partial charge in [-0.2, -0.15) is 0 Å². The van der Waals surface area contributed by atoms with Gasteiger partial charge in [0, 0.05) is 49.8 Å². The highest BCUT2D eigenvalue weighted by molar-refractivity contribution is 5.99. The van der Waals surface area contributed by atoms with Gasteiger partial charge in [0.1, 0.15) is 0 Å². The molecule has 3 aliphatic heterocycles. The molecule has 1 aromatic carbocycles. The molecule has 1 aromatic heterocycles. The molecule has 0 radical (unpaired) electrons. The Kier molecular flexibility index (Phi) is 3.70. The summed E-state index contributed by atoms with van der Waals surface area (Å²) in [7, 11) is 1.92. The van der Waals surface area contributed by atoms with Gasteiger partial charge in [0.15, 0.2) is 0 Å². The van der Waals surface area contributed by atoms with Gasteiger partial charge in [-0.1, -0.05) is 18.2 Å². The van der Waals surface area contributed by atoms with E-state index in [1.165, 1.54) is 27.6 Å². The lowest BCUT2D eigenvalue weighted by molar-refractivity contribution is -0.163. The summed E-state index contributed by atoms with van der Waals surface area (Å²) in [5.74, 6) is 0.0410. The molecule has 2 saturated heterocycles. The first-order chi connectivity index (χ1) is 13.7. The van der Waals surface area contributed by atoms with Crippen LogP contribution in [0.25, 0.3) is 16.5 Å². The number of hydrogen-bond donors (Lipinski definition) is 2. The summed E-state index contributed by atoms with van der Waals surface area (Å²) < 4.78 is 5.92. The Morgan fingerprint density at radius 2 is 2.07 bits per heavy atom. The van der Waals surface area contributed by atoms with E-state index in [1.807, 2.05) is 12.1 Å². The average molecular weight is 378 g/mol. The lowest BCUT2D eigenvalue weighted by Crippen LogP contribution is -2.55. The SMILES string of the molecule is CN(C(=O)[C@@H]1C=C2c3cccc4[nH]cc(c34)C[C@H]2NC1)N1CC2CCC(C1)O2. The number of morpholine rings is 1. The van der Waals surface area contributed by atoms with E-state index in [9.17, 15) is 4.79 Å². The fourth-order valence-electron chi connectivity index (χ4n) is 5.48. The van der Waals surface area contributed by atoms with Gasteiger partial charge in [0.25, 0.3) is 0 Å². The third-order valence-electron chi connectivity index (χ3n) is 6.95. The second-order valence-electron chi connectivity index (χ2n) is 8.63. The summed E-state index contributed by atoms with van der Waals surface area (Å²) in [5.41, 5.74) is 5.09. The van der Waals surface area contributed by atoms with Crippen molar-refractivity contribution in [3.8, 4) is 0 Å². The molecule has 2 unspecified atom stereocenters. The minimum absolute atomic E-state index is 0.132. The van der Waals surface area contributed by atoms with Crippen molar-refractivity contribution in [2.24, 2.45) is 5.92 Å². The van der Waals surface area contributed by atoms with Crippen molar-refractivity contribution in [2.75, 3.05) is 26.7 Å². The quantitative estimate of drug-likeness (QED) is 0.838. The summed E-state index contributed by atoms with van der Waals surface area (Å²) in [4.78, 5) is 16.7. The largest absolute Gasteiger partial charge is 0.372 e. The third kappa shape index (κ3) is 2.48. The number of H-pyrrole nitrogens is 1. The molecule has 4 atom stereocenters. The zero-order valence-corrected chi connectivity index (χ0v) is 16.1. The first kappa shape index (κ1) is 16.8. The molecule has 2 bridgehead atoms. The van der Waals surface area contributed by atoms with E-state index in [0.29, 0.717) is 12.6 Å². The van der Waals surface area contributed by atoms with Crippen molar-refractivity contribution in [2.45, 2.75) is 37.5 Å². The van der Waals surface area contributed by atoms with Crippen molar-refractivity contribution in [1.29, 1.82) is 0 Å². The van der Waals surface area contributed by atoms with E-state index < -0.39 is 0 Å². The highest BCUT2D eigenvalue weighted by Crippen LogP contribution is 2.38. The fourth-order valence-corrected chi connectivity index (χ4v) is 5.48. The smallest absolute Gasteiger partial charge is 0.244 e. The van der Waals surface area contributed by atoms with Crippen LogP contribution >= 0.6 is 0 Å². The van der Waals surface area contributed by atoms with Gasteiger partial charge in [0.05, 0.1) is 18.1 Å². The molecular weight excluding hydrogens is 352 g/mol. The summed E-state index contributed by atoms with van der Waals surface area (Å²) in [6.07, 6.45) is 8.12. The summed E-state index contributed by atoms with van der Waals surface area (Å²) in [6.45, 7) is 2.35. The monoisotopic (exact) mass is 378 g/mol. The molecule has 6 nitrogen and oxygen atoms in total. The molecule has 0 spiro atoms. The molecular formula is C22H26N4O2. The van der Waals surface area contributed by atoms with E-state index in [0.717, 1.165) is 32.4 Å². The number of rotatable bonds is 2. The first-order valence-corrected chi connectivity index (χ1v) is 10.4. The Morgan fingerprint density at radius 1 is 1.25 bits per heavy atom. The molecule has 6 heteroatoms. The van der Waals surface area contributed by atoms with Crippen LogP contribution in [0.15, 0.2) is 30.5 Å². The van der Waals surface area contributed by atoms with Gasteiger partial charge < -0.3 is 15.0 Å². The second-order valence-corrected chi connectivity index (χ2v) is 8.63. The van der Waals surface area contributed by atoms with Crippen LogP contribution in [-0.2, 0) is 16.0 Å².